The Bertz CT molecular complexity index is 877. The molecule has 1 aromatic heterocycles. The first-order valence-electron chi connectivity index (χ1n) is 7.91. The lowest BCUT2D eigenvalue weighted by Gasteiger charge is -2.17. The van der Waals surface area contributed by atoms with Crippen molar-refractivity contribution in [2.45, 2.75) is 30.8 Å². The molecule has 5 heteroatoms. The van der Waals surface area contributed by atoms with Crippen LogP contribution in [0.2, 0.25) is 0 Å². The molecule has 0 spiro atoms. The van der Waals surface area contributed by atoms with E-state index in [0.717, 1.165) is 23.3 Å². The highest BCUT2D eigenvalue weighted by molar-refractivity contribution is 7.98. The standard InChI is InChI=1S/C19H19NO3S/c1-3-7-17(13-8-5-4-6-9-13)22-19-20-16-11-10-14(24-2)12-15(16)18(21)23-19/h4-6,8-12,17H,3,7H2,1-2H3. The van der Waals surface area contributed by atoms with Gasteiger partial charge in [-0.2, -0.15) is 4.98 Å². The molecule has 3 rings (SSSR count). The number of fused-ring (bicyclic) bond motifs is 1. The van der Waals surface area contributed by atoms with E-state index in [2.05, 4.69) is 11.9 Å². The Morgan fingerprint density at radius 3 is 2.71 bits per heavy atom. The predicted octanol–water partition coefficient (Wildman–Crippen LogP) is 4.83. The molecule has 0 amide bonds. The monoisotopic (exact) mass is 341 g/mol. The number of benzene rings is 2. The molecule has 0 aliphatic heterocycles. The normalized spacial score (nSPS) is 12.2. The van der Waals surface area contributed by atoms with Gasteiger partial charge in [-0.05, 0) is 36.4 Å². The van der Waals surface area contributed by atoms with Gasteiger partial charge in [0.25, 0.3) is 0 Å². The van der Waals surface area contributed by atoms with Gasteiger partial charge in [0.1, 0.15) is 6.10 Å². The molecule has 1 heterocycles. The second-order valence-corrected chi connectivity index (χ2v) is 6.34. The quantitative estimate of drug-likeness (QED) is 0.601. The summed E-state index contributed by atoms with van der Waals surface area (Å²) in [7, 11) is 0. The number of aromatic nitrogens is 1. The van der Waals surface area contributed by atoms with E-state index in [1.54, 1.807) is 17.8 Å². The van der Waals surface area contributed by atoms with Gasteiger partial charge in [-0.25, -0.2) is 4.79 Å². The van der Waals surface area contributed by atoms with Crippen molar-refractivity contribution in [3.8, 4) is 6.08 Å². The van der Waals surface area contributed by atoms with Crippen LogP contribution in [0.3, 0.4) is 0 Å². The molecule has 4 nitrogen and oxygen atoms in total. The summed E-state index contributed by atoms with van der Waals surface area (Å²) in [6, 6.07) is 15.5. The molecule has 24 heavy (non-hydrogen) atoms. The lowest BCUT2D eigenvalue weighted by Crippen LogP contribution is -2.11. The molecule has 0 radical (unpaired) electrons. The maximum atomic E-state index is 12.2. The summed E-state index contributed by atoms with van der Waals surface area (Å²) in [4.78, 5) is 17.6. The highest BCUT2D eigenvalue weighted by Crippen LogP contribution is 2.26. The summed E-state index contributed by atoms with van der Waals surface area (Å²) in [5.41, 5.74) is 1.21. The van der Waals surface area contributed by atoms with E-state index in [1.165, 1.54) is 0 Å². The van der Waals surface area contributed by atoms with E-state index in [4.69, 9.17) is 9.15 Å². The van der Waals surface area contributed by atoms with Crippen LogP contribution in [-0.2, 0) is 0 Å². The first-order chi connectivity index (χ1) is 11.7. The molecule has 124 valence electrons. The van der Waals surface area contributed by atoms with Crippen LogP contribution in [0.25, 0.3) is 10.9 Å². The Morgan fingerprint density at radius 1 is 1.21 bits per heavy atom. The van der Waals surface area contributed by atoms with Gasteiger partial charge in [-0.1, -0.05) is 43.7 Å². The zero-order valence-corrected chi connectivity index (χ0v) is 14.5. The molecule has 1 atom stereocenters. The molecule has 0 saturated carbocycles. The number of thioether (sulfide) groups is 1. The molecule has 0 bridgehead atoms. The zero-order chi connectivity index (χ0) is 16.9. The first kappa shape index (κ1) is 16.6. The van der Waals surface area contributed by atoms with Gasteiger partial charge < -0.3 is 9.15 Å². The minimum atomic E-state index is -0.422. The minimum absolute atomic E-state index is 0.0201. The van der Waals surface area contributed by atoms with Gasteiger partial charge in [0.15, 0.2) is 0 Å². The molecule has 0 saturated heterocycles. The SMILES string of the molecule is CCCC(Oc1nc2ccc(SC)cc2c(=O)o1)c1ccccc1. The van der Waals surface area contributed by atoms with Crippen LogP contribution in [0.15, 0.2) is 62.6 Å². The van der Waals surface area contributed by atoms with Crippen LogP contribution < -0.4 is 10.4 Å². The van der Waals surface area contributed by atoms with Crippen LogP contribution in [0.5, 0.6) is 6.08 Å². The Kier molecular flexibility index (Phi) is 5.20. The molecule has 3 aromatic rings. The van der Waals surface area contributed by atoms with Crippen molar-refractivity contribution >= 4 is 22.7 Å². The number of hydrogen-bond acceptors (Lipinski definition) is 5. The van der Waals surface area contributed by atoms with Gasteiger partial charge in [0.05, 0.1) is 10.9 Å². The molecule has 0 aliphatic rings. The average molecular weight is 341 g/mol. The molecular weight excluding hydrogens is 322 g/mol. The zero-order valence-electron chi connectivity index (χ0n) is 13.7. The molecule has 0 aliphatic carbocycles. The fraction of sp³-hybridized carbons (Fsp3) is 0.263. The third-order valence-electron chi connectivity index (χ3n) is 3.78. The lowest BCUT2D eigenvalue weighted by atomic mass is 10.1. The topological polar surface area (TPSA) is 52.3 Å². The van der Waals surface area contributed by atoms with Crippen molar-refractivity contribution in [2.24, 2.45) is 0 Å². The molecule has 0 fully saturated rings. The summed E-state index contributed by atoms with van der Waals surface area (Å²) < 4.78 is 11.2. The Balaban J connectivity index is 1.95. The molecular formula is C19H19NO3S. The predicted molar refractivity (Wildman–Crippen MR) is 96.8 cm³/mol. The number of ether oxygens (including phenoxy) is 1. The fourth-order valence-electron chi connectivity index (χ4n) is 2.55. The van der Waals surface area contributed by atoms with E-state index in [0.29, 0.717) is 10.9 Å². The van der Waals surface area contributed by atoms with Gasteiger partial charge in [0, 0.05) is 4.90 Å². The third kappa shape index (κ3) is 3.62. The Hall–Kier alpha value is -2.27. The van der Waals surface area contributed by atoms with Gasteiger partial charge in [-0.15, -0.1) is 11.8 Å². The number of rotatable bonds is 6. The number of hydrogen-bond donors (Lipinski definition) is 0. The maximum absolute atomic E-state index is 12.2. The highest BCUT2D eigenvalue weighted by atomic mass is 32.2. The minimum Gasteiger partial charge on any atom is -0.442 e. The number of nitrogens with zero attached hydrogens (tertiary/aromatic N) is 1. The molecule has 0 N–H and O–H groups in total. The second-order valence-electron chi connectivity index (χ2n) is 5.46. The summed E-state index contributed by atoms with van der Waals surface area (Å²) in [5, 5.41) is 0.473. The Morgan fingerprint density at radius 2 is 2.00 bits per heavy atom. The van der Waals surface area contributed by atoms with Crippen LogP contribution >= 0.6 is 11.8 Å². The third-order valence-corrected chi connectivity index (χ3v) is 4.51. The van der Waals surface area contributed by atoms with Crippen molar-refractivity contribution in [1.29, 1.82) is 0 Å². The average Bonchev–Trinajstić information content (AvgIpc) is 2.62. The summed E-state index contributed by atoms with van der Waals surface area (Å²) in [5.74, 6) is 0. The van der Waals surface area contributed by atoms with E-state index < -0.39 is 5.63 Å². The van der Waals surface area contributed by atoms with Crippen LogP contribution in [0.4, 0.5) is 0 Å². The van der Waals surface area contributed by atoms with Crippen LogP contribution in [0, 0.1) is 0 Å². The Labute approximate surface area is 144 Å². The van der Waals surface area contributed by atoms with Gasteiger partial charge in [0.2, 0.25) is 0 Å². The van der Waals surface area contributed by atoms with Crippen LogP contribution in [0.1, 0.15) is 31.4 Å². The lowest BCUT2D eigenvalue weighted by molar-refractivity contribution is 0.132. The summed E-state index contributed by atoms with van der Waals surface area (Å²) >= 11 is 1.57. The summed E-state index contributed by atoms with van der Waals surface area (Å²) in [6.07, 6.45) is 3.57. The van der Waals surface area contributed by atoms with Crippen molar-refractivity contribution in [1.82, 2.24) is 4.98 Å². The van der Waals surface area contributed by atoms with Crippen LogP contribution in [-0.4, -0.2) is 11.2 Å². The van der Waals surface area contributed by atoms with Gasteiger partial charge in [-0.3, -0.25) is 0 Å². The van der Waals surface area contributed by atoms with Crippen molar-refractivity contribution in [3.05, 3.63) is 64.5 Å². The highest BCUT2D eigenvalue weighted by Gasteiger charge is 2.16. The van der Waals surface area contributed by atoms with Crippen molar-refractivity contribution < 1.29 is 9.15 Å². The summed E-state index contributed by atoms with van der Waals surface area (Å²) in [6.45, 7) is 2.09. The fourth-order valence-corrected chi connectivity index (χ4v) is 2.99. The van der Waals surface area contributed by atoms with E-state index >= 15 is 0 Å². The second kappa shape index (κ2) is 7.53. The molecule has 2 aromatic carbocycles. The largest absolute Gasteiger partial charge is 0.442 e. The van der Waals surface area contributed by atoms with Crippen molar-refractivity contribution in [2.75, 3.05) is 6.26 Å². The van der Waals surface area contributed by atoms with E-state index in [1.807, 2.05) is 48.7 Å². The first-order valence-corrected chi connectivity index (χ1v) is 9.14. The van der Waals surface area contributed by atoms with Crippen molar-refractivity contribution in [3.63, 3.8) is 0 Å². The van der Waals surface area contributed by atoms with E-state index in [-0.39, 0.29) is 12.2 Å². The molecule has 1 unspecified atom stereocenters. The van der Waals surface area contributed by atoms with E-state index in [9.17, 15) is 4.79 Å². The maximum Gasteiger partial charge on any atom is 0.397 e. The smallest absolute Gasteiger partial charge is 0.397 e. The van der Waals surface area contributed by atoms with Gasteiger partial charge >= 0.3 is 11.7 Å².